The van der Waals surface area contributed by atoms with Crippen LogP contribution < -0.4 is 4.74 Å². The van der Waals surface area contributed by atoms with E-state index >= 15 is 0 Å². The number of rotatable bonds is 3. The van der Waals surface area contributed by atoms with Gasteiger partial charge in [-0.25, -0.2) is 0 Å². The summed E-state index contributed by atoms with van der Waals surface area (Å²) in [6.07, 6.45) is 1.90. The van der Waals surface area contributed by atoms with E-state index in [2.05, 4.69) is 32.0 Å². The van der Waals surface area contributed by atoms with Crippen molar-refractivity contribution in [1.82, 2.24) is 0 Å². The van der Waals surface area contributed by atoms with Crippen LogP contribution in [0.25, 0.3) is 21.2 Å². The third kappa shape index (κ3) is 2.64. The lowest BCUT2D eigenvalue weighted by Gasteiger charge is -2.10. The van der Waals surface area contributed by atoms with Crippen molar-refractivity contribution >= 4 is 21.4 Å². The fraction of sp³-hybridized carbons (Fsp3) is 0.211. The molecule has 112 valence electrons. The van der Waals surface area contributed by atoms with Crippen LogP contribution in [-0.4, -0.2) is 5.11 Å². The molecular weight excluding hydrogens is 292 g/mol. The van der Waals surface area contributed by atoms with E-state index in [4.69, 9.17) is 0 Å². The van der Waals surface area contributed by atoms with Crippen molar-refractivity contribution in [3.05, 3.63) is 63.1 Å². The topological polar surface area (TPSA) is 37.3 Å². The number of aromatic hydroxyl groups is 1. The fourth-order valence-corrected chi connectivity index (χ4v) is 3.61. The molecule has 0 aliphatic carbocycles. The van der Waals surface area contributed by atoms with Gasteiger partial charge < -0.3 is 5.11 Å². The molecule has 2 nitrogen and oxygen atoms in total. The maximum absolute atomic E-state index is 12.5. The highest BCUT2D eigenvalue weighted by Gasteiger charge is 2.11. The van der Waals surface area contributed by atoms with Gasteiger partial charge in [-0.05, 0) is 59.2 Å². The van der Waals surface area contributed by atoms with E-state index in [1.54, 1.807) is 12.1 Å². The standard InChI is InChI=1S/C19H18O2S/c1-3-12-5-8-16(13(4-2)9-12)17-10-14-6-7-15(20)11-18(14)22-19(17)21/h5-11,20H,3-4H2,1-2H3. The first kappa shape index (κ1) is 14.8. The molecule has 0 unspecified atom stereocenters. The highest BCUT2D eigenvalue weighted by Crippen LogP contribution is 2.29. The molecule has 0 radical (unpaired) electrons. The van der Waals surface area contributed by atoms with Gasteiger partial charge in [-0.3, -0.25) is 4.79 Å². The van der Waals surface area contributed by atoms with Crippen molar-refractivity contribution in [2.24, 2.45) is 0 Å². The van der Waals surface area contributed by atoms with E-state index in [1.165, 1.54) is 22.5 Å². The lowest BCUT2D eigenvalue weighted by molar-refractivity contribution is 0.476. The van der Waals surface area contributed by atoms with Gasteiger partial charge >= 0.3 is 0 Å². The highest BCUT2D eigenvalue weighted by atomic mass is 32.1. The molecule has 0 aliphatic heterocycles. The van der Waals surface area contributed by atoms with Crippen LogP contribution >= 0.6 is 11.3 Å². The predicted molar refractivity (Wildman–Crippen MR) is 94.0 cm³/mol. The number of hydrogen-bond donors (Lipinski definition) is 1. The van der Waals surface area contributed by atoms with E-state index in [0.717, 1.165) is 34.1 Å². The minimum absolute atomic E-state index is 0.0389. The lowest BCUT2D eigenvalue weighted by Crippen LogP contribution is -2.02. The molecule has 0 aliphatic rings. The number of aryl methyl sites for hydroxylation is 2. The van der Waals surface area contributed by atoms with Crippen LogP contribution in [0.3, 0.4) is 0 Å². The first-order valence-electron chi connectivity index (χ1n) is 7.51. The second-order valence-electron chi connectivity index (χ2n) is 5.37. The Bertz CT molecular complexity index is 894. The molecule has 1 N–H and O–H groups in total. The third-order valence-corrected chi connectivity index (χ3v) is 4.95. The molecule has 1 heterocycles. The highest BCUT2D eigenvalue weighted by molar-refractivity contribution is 7.16. The van der Waals surface area contributed by atoms with Gasteiger partial charge in [-0.15, -0.1) is 0 Å². The van der Waals surface area contributed by atoms with Gasteiger partial charge in [0.2, 0.25) is 4.74 Å². The van der Waals surface area contributed by atoms with E-state index < -0.39 is 0 Å². The number of fused-ring (bicyclic) bond motifs is 1. The summed E-state index contributed by atoms with van der Waals surface area (Å²) < 4.78 is 0.856. The zero-order valence-corrected chi connectivity index (χ0v) is 13.5. The summed E-state index contributed by atoms with van der Waals surface area (Å²) >= 11 is 1.19. The van der Waals surface area contributed by atoms with Crippen molar-refractivity contribution in [2.75, 3.05) is 0 Å². The van der Waals surface area contributed by atoms with E-state index in [0.29, 0.717) is 0 Å². The molecule has 0 atom stereocenters. The number of benzene rings is 2. The van der Waals surface area contributed by atoms with Gasteiger partial charge in [0, 0.05) is 10.3 Å². The summed E-state index contributed by atoms with van der Waals surface area (Å²) in [6.45, 7) is 4.25. The number of hydrogen-bond acceptors (Lipinski definition) is 3. The van der Waals surface area contributed by atoms with Crippen LogP contribution in [0, 0.1) is 0 Å². The molecule has 3 aromatic rings. The quantitative estimate of drug-likeness (QED) is 0.757. The van der Waals surface area contributed by atoms with Gasteiger partial charge in [-0.1, -0.05) is 43.4 Å². The zero-order valence-electron chi connectivity index (χ0n) is 12.7. The van der Waals surface area contributed by atoms with Crippen molar-refractivity contribution < 1.29 is 5.11 Å². The summed E-state index contributed by atoms with van der Waals surface area (Å²) in [5.41, 5.74) is 4.28. The van der Waals surface area contributed by atoms with Crippen molar-refractivity contribution in [2.45, 2.75) is 26.7 Å². The maximum atomic E-state index is 12.5. The van der Waals surface area contributed by atoms with Crippen LogP contribution in [0.1, 0.15) is 25.0 Å². The average molecular weight is 310 g/mol. The largest absolute Gasteiger partial charge is 0.508 e. The summed E-state index contributed by atoms with van der Waals surface area (Å²) in [4.78, 5) is 12.5. The predicted octanol–water partition coefficient (Wildman–Crippen LogP) is 4.76. The van der Waals surface area contributed by atoms with Crippen molar-refractivity contribution in [3.63, 3.8) is 0 Å². The monoisotopic (exact) mass is 310 g/mol. The Morgan fingerprint density at radius 3 is 2.50 bits per heavy atom. The summed E-state index contributed by atoms with van der Waals surface area (Å²) in [6, 6.07) is 13.5. The molecule has 3 heteroatoms. The molecular formula is C19H18O2S. The Hall–Kier alpha value is -2.13. The SMILES string of the molecule is CCc1ccc(-c2cc3ccc(O)cc3sc2=O)c(CC)c1. The number of phenolic OH excluding ortho intramolecular Hbond substituents is 1. The minimum atomic E-state index is 0.0389. The molecule has 0 saturated heterocycles. The Kier molecular flexibility index (Phi) is 3.99. The fourth-order valence-electron chi connectivity index (χ4n) is 2.71. The summed E-state index contributed by atoms with van der Waals surface area (Å²) in [7, 11) is 0. The van der Waals surface area contributed by atoms with Crippen LogP contribution in [0.5, 0.6) is 5.75 Å². The minimum Gasteiger partial charge on any atom is -0.508 e. The molecule has 3 rings (SSSR count). The summed E-state index contributed by atoms with van der Waals surface area (Å²) in [5.74, 6) is 0.192. The second-order valence-corrected chi connectivity index (χ2v) is 6.38. The van der Waals surface area contributed by atoms with Gasteiger partial charge in [0.25, 0.3) is 0 Å². The average Bonchev–Trinajstić information content (AvgIpc) is 2.53. The molecule has 0 fully saturated rings. The smallest absolute Gasteiger partial charge is 0.240 e. The Labute approximate surface area is 133 Å². The molecule has 0 spiro atoms. The van der Waals surface area contributed by atoms with Crippen molar-refractivity contribution in [1.29, 1.82) is 0 Å². The molecule has 0 saturated carbocycles. The van der Waals surface area contributed by atoms with Gasteiger partial charge in [-0.2, -0.15) is 0 Å². The summed E-state index contributed by atoms with van der Waals surface area (Å²) in [5, 5.41) is 10.5. The third-order valence-electron chi connectivity index (χ3n) is 3.97. The van der Waals surface area contributed by atoms with Crippen LogP contribution in [0.15, 0.2) is 47.3 Å². The molecule has 1 aromatic heterocycles. The molecule has 0 amide bonds. The van der Waals surface area contributed by atoms with E-state index in [1.807, 2.05) is 12.1 Å². The Balaban J connectivity index is 2.24. The van der Waals surface area contributed by atoms with Crippen LogP contribution in [0.2, 0.25) is 0 Å². The number of phenols is 1. The maximum Gasteiger partial charge on any atom is 0.240 e. The Morgan fingerprint density at radius 1 is 0.955 bits per heavy atom. The van der Waals surface area contributed by atoms with Crippen LogP contribution in [-0.2, 0) is 12.8 Å². The molecule has 2 aromatic carbocycles. The molecule has 22 heavy (non-hydrogen) atoms. The lowest BCUT2D eigenvalue weighted by atomic mass is 9.96. The van der Waals surface area contributed by atoms with E-state index in [-0.39, 0.29) is 10.5 Å². The van der Waals surface area contributed by atoms with Crippen molar-refractivity contribution in [3.8, 4) is 16.9 Å². The first-order chi connectivity index (χ1) is 10.6. The van der Waals surface area contributed by atoms with E-state index in [9.17, 15) is 9.90 Å². The van der Waals surface area contributed by atoms with Gasteiger partial charge in [0.05, 0.1) is 0 Å². The van der Waals surface area contributed by atoms with Gasteiger partial charge in [0.15, 0.2) is 0 Å². The van der Waals surface area contributed by atoms with Crippen LogP contribution in [0.4, 0.5) is 0 Å². The van der Waals surface area contributed by atoms with Gasteiger partial charge in [0.1, 0.15) is 5.75 Å². The second kappa shape index (κ2) is 5.93. The zero-order chi connectivity index (χ0) is 15.7. The Morgan fingerprint density at radius 2 is 1.77 bits per heavy atom. The first-order valence-corrected chi connectivity index (χ1v) is 8.33. The molecule has 0 bridgehead atoms. The normalized spacial score (nSPS) is 11.0.